The molecule has 11 heteroatoms. The number of nitrogens with zero attached hydrogens (tertiary/aromatic N) is 1. The maximum Gasteiger partial charge on any atom is 0.222 e. The van der Waals surface area contributed by atoms with Crippen molar-refractivity contribution in [3.8, 4) is 0 Å². The van der Waals surface area contributed by atoms with E-state index in [1.54, 1.807) is 18.9 Å². The number of rotatable bonds is 16. The third kappa shape index (κ3) is 10.9. The zero-order chi connectivity index (χ0) is 24.9. The molecule has 0 aliphatic carbocycles. The molecule has 203 valence electrons. The fraction of sp³-hybridized carbons (Fsp3) is 0.958. The van der Waals surface area contributed by atoms with Crippen molar-refractivity contribution in [3.63, 3.8) is 0 Å². The van der Waals surface area contributed by atoms with Crippen LogP contribution in [0.25, 0.3) is 0 Å². The van der Waals surface area contributed by atoms with Crippen molar-refractivity contribution >= 4 is 5.91 Å². The summed E-state index contributed by atoms with van der Waals surface area (Å²) in [4.78, 5) is 14.2. The molecule has 0 aromatic heterocycles. The van der Waals surface area contributed by atoms with E-state index in [0.717, 1.165) is 51.6 Å². The molecule has 5 unspecified atom stereocenters. The van der Waals surface area contributed by atoms with Gasteiger partial charge in [-0.25, -0.2) is 0 Å². The van der Waals surface area contributed by atoms with E-state index in [9.17, 15) is 25.2 Å². The van der Waals surface area contributed by atoms with E-state index in [-0.39, 0.29) is 69.9 Å². The molecule has 2 aliphatic heterocycles. The van der Waals surface area contributed by atoms with Gasteiger partial charge in [0.25, 0.3) is 0 Å². The number of carbonyl (C=O) groups is 1. The summed E-state index contributed by atoms with van der Waals surface area (Å²) < 4.78 is 16.6. The largest absolute Gasteiger partial charge is 0.394 e. The van der Waals surface area contributed by atoms with Crippen LogP contribution in [-0.4, -0.2) is 115 Å². The Balaban J connectivity index is 0.00000612. The number of methoxy groups -OCH3 is 1. The molecule has 2 rings (SSSR count). The van der Waals surface area contributed by atoms with E-state index in [4.69, 9.17) is 14.2 Å². The third-order valence-electron chi connectivity index (χ3n) is 6.95. The molecule has 1 radical (unpaired) electrons. The van der Waals surface area contributed by atoms with E-state index in [0.29, 0.717) is 26.0 Å². The van der Waals surface area contributed by atoms with Crippen molar-refractivity contribution in [1.29, 1.82) is 0 Å². The van der Waals surface area contributed by atoms with E-state index in [1.807, 2.05) is 0 Å². The molecule has 5 N–H and O–H groups in total. The number of aliphatic hydroxyl groups excluding tert-OH is 4. The fourth-order valence-corrected chi connectivity index (χ4v) is 4.63. The van der Waals surface area contributed by atoms with E-state index >= 15 is 0 Å². The van der Waals surface area contributed by atoms with Crippen molar-refractivity contribution in [1.82, 2.24) is 10.2 Å². The summed E-state index contributed by atoms with van der Waals surface area (Å²) in [6.07, 6.45) is 3.52. The molecule has 0 aromatic rings. The quantitative estimate of drug-likeness (QED) is 0.160. The summed E-state index contributed by atoms with van der Waals surface area (Å²) >= 11 is 0. The minimum Gasteiger partial charge on any atom is -0.394 e. The first-order valence-corrected chi connectivity index (χ1v) is 12.8. The number of carbonyl (C=O) groups excluding carboxylic acids is 1. The Morgan fingerprint density at radius 1 is 1.03 bits per heavy atom. The van der Waals surface area contributed by atoms with Crippen molar-refractivity contribution in [3.05, 3.63) is 0 Å². The first kappa shape index (κ1) is 33.3. The number of ether oxygens (including phenoxy) is 3. The number of hydrogen-bond donors (Lipinski definition) is 5. The second-order valence-corrected chi connectivity index (χ2v) is 9.53. The predicted octanol–water partition coefficient (Wildman–Crippen LogP) is 0.00410. The molecule has 0 saturated carbocycles. The average molecular weight is 580 g/mol. The minimum absolute atomic E-state index is 0. The van der Waals surface area contributed by atoms with Gasteiger partial charge in [-0.3, -0.25) is 4.79 Å². The molecule has 0 aromatic carbocycles. The number of unbranched alkanes of at least 4 members (excludes halogenated alkanes) is 4. The summed E-state index contributed by atoms with van der Waals surface area (Å²) in [7, 11) is 1.65. The summed E-state index contributed by atoms with van der Waals surface area (Å²) in [5, 5.41) is 42.1. The third-order valence-corrected chi connectivity index (χ3v) is 6.95. The van der Waals surface area contributed by atoms with Crippen LogP contribution in [-0.2, 0) is 51.7 Å². The zero-order valence-corrected chi connectivity index (χ0v) is 24.2. The predicted molar refractivity (Wildman–Crippen MR) is 126 cm³/mol. The first-order chi connectivity index (χ1) is 16.4. The average Bonchev–Trinajstić information content (AvgIpc) is 3.28. The molecule has 7 atom stereocenters. The van der Waals surface area contributed by atoms with Gasteiger partial charge in [-0.1, -0.05) is 13.3 Å². The Kier molecular flexibility index (Phi) is 17.6. The van der Waals surface area contributed by atoms with E-state index < -0.39 is 24.6 Å². The maximum absolute atomic E-state index is 12.4. The maximum atomic E-state index is 12.4. The summed E-state index contributed by atoms with van der Waals surface area (Å²) in [6, 6.07) is -0.111. The molecule has 2 heterocycles. The van der Waals surface area contributed by atoms with Crippen LogP contribution in [0.5, 0.6) is 0 Å². The van der Waals surface area contributed by atoms with Crippen LogP contribution in [0.15, 0.2) is 0 Å². The molecule has 10 nitrogen and oxygen atoms in total. The van der Waals surface area contributed by atoms with Crippen molar-refractivity contribution in [2.75, 3.05) is 46.6 Å². The van der Waals surface area contributed by atoms with Gasteiger partial charge >= 0.3 is 0 Å². The Morgan fingerprint density at radius 3 is 2.34 bits per heavy atom. The van der Waals surface area contributed by atoms with Gasteiger partial charge < -0.3 is 44.9 Å². The van der Waals surface area contributed by atoms with Gasteiger partial charge in [0.2, 0.25) is 5.91 Å². The van der Waals surface area contributed by atoms with Gasteiger partial charge in [-0.15, -0.1) is 0 Å². The SMILES string of the molecule is CO[C@@H]1C[C@@H](CO)N(C(=O)CCCCCNCCCCCOC2OC(CO)C(O)C(O)C2C)C1.[Y]. The van der Waals surface area contributed by atoms with Crippen molar-refractivity contribution in [2.45, 2.75) is 95.0 Å². The molecule has 2 aliphatic rings. The normalized spacial score (nSPS) is 30.9. The molecular formula is C24H46N2O8Y. The molecule has 0 spiro atoms. The van der Waals surface area contributed by atoms with E-state index in [2.05, 4.69) is 5.32 Å². The van der Waals surface area contributed by atoms with Gasteiger partial charge in [0.05, 0.1) is 31.5 Å². The van der Waals surface area contributed by atoms with Crippen molar-refractivity contribution < 1.29 is 72.1 Å². The van der Waals surface area contributed by atoms with Gasteiger partial charge in [-0.05, 0) is 51.6 Å². The summed E-state index contributed by atoms with van der Waals surface area (Å²) in [6.45, 7) is 4.34. The van der Waals surface area contributed by atoms with Gasteiger partial charge in [-0.2, -0.15) is 0 Å². The Bertz CT molecular complexity index is 574. The fourth-order valence-electron chi connectivity index (χ4n) is 4.63. The Hall–Kier alpha value is 0.254. The van der Waals surface area contributed by atoms with E-state index in [1.165, 1.54) is 0 Å². The Labute approximate surface area is 234 Å². The van der Waals surface area contributed by atoms with Crippen LogP contribution in [0.1, 0.15) is 58.3 Å². The monoisotopic (exact) mass is 579 g/mol. The molecule has 1 amide bonds. The smallest absolute Gasteiger partial charge is 0.222 e. The van der Waals surface area contributed by atoms with Crippen LogP contribution in [0, 0.1) is 5.92 Å². The Morgan fingerprint density at radius 2 is 1.71 bits per heavy atom. The van der Waals surface area contributed by atoms with Crippen LogP contribution in [0.2, 0.25) is 0 Å². The first-order valence-electron chi connectivity index (χ1n) is 12.8. The van der Waals surface area contributed by atoms with Gasteiger partial charge in [0.1, 0.15) is 12.2 Å². The minimum atomic E-state index is -1.10. The number of hydrogen-bond acceptors (Lipinski definition) is 9. The molecule has 2 saturated heterocycles. The number of likely N-dealkylation sites (tertiary alicyclic amines) is 1. The van der Waals surface area contributed by atoms with Gasteiger partial charge in [0.15, 0.2) is 6.29 Å². The van der Waals surface area contributed by atoms with Crippen molar-refractivity contribution in [2.24, 2.45) is 5.92 Å². The number of amides is 1. The zero-order valence-electron chi connectivity index (χ0n) is 21.4. The number of aliphatic hydroxyl groups is 4. The second kappa shape index (κ2) is 18.5. The molecule has 35 heavy (non-hydrogen) atoms. The van der Waals surface area contributed by atoms with Crippen LogP contribution in [0.3, 0.4) is 0 Å². The number of nitrogens with one attached hydrogen (secondary N) is 1. The summed E-state index contributed by atoms with van der Waals surface area (Å²) in [5.41, 5.74) is 0. The molecule has 2 fully saturated rings. The molecular weight excluding hydrogens is 533 g/mol. The summed E-state index contributed by atoms with van der Waals surface area (Å²) in [5.74, 6) is -0.247. The topological polar surface area (TPSA) is 141 Å². The van der Waals surface area contributed by atoms with Crippen LogP contribution in [0.4, 0.5) is 0 Å². The van der Waals surface area contributed by atoms with Crippen LogP contribution >= 0.6 is 0 Å². The standard InChI is InChI=1S/C24H46N2O8.Y/c1-17-22(30)23(31)20(16-28)34-24(17)33-12-8-4-7-11-25-10-6-3-5-9-21(29)26-14-19(32-2)13-18(26)15-27;/h17-20,22-25,27-28,30-31H,3-16H2,1-2H3;/t17?,18-,19+,20?,22?,23?,24?;/m0./s1. The molecule has 0 bridgehead atoms. The second-order valence-electron chi connectivity index (χ2n) is 9.53. The van der Waals surface area contributed by atoms with Crippen LogP contribution < -0.4 is 5.32 Å². The van der Waals surface area contributed by atoms with Gasteiger partial charge in [0, 0.05) is 65.3 Å².